The molecule has 2 aliphatic heterocycles. The molecule has 0 aromatic carbocycles. The van der Waals surface area contributed by atoms with Crippen LogP contribution in [0.2, 0.25) is 0 Å². The van der Waals surface area contributed by atoms with Crippen molar-refractivity contribution in [3.8, 4) is 0 Å². The van der Waals surface area contributed by atoms with Crippen LogP contribution in [0.3, 0.4) is 0 Å². The summed E-state index contributed by atoms with van der Waals surface area (Å²) in [6.07, 6.45) is 3.12. The second-order valence-electron chi connectivity index (χ2n) is 9.60. The molecule has 224 valence electrons. The summed E-state index contributed by atoms with van der Waals surface area (Å²) in [6.45, 7) is 3.42. The molecule has 0 aliphatic carbocycles. The van der Waals surface area contributed by atoms with E-state index in [0.717, 1.165) is 16.2 Å². The molecule has 0 radical (unpaired) electrons. The number of oxime groups is 1. The van der Waals surface area contributed by atoms with Gasteiger partial charge in [0.25, 0.3) is 24.0 Å². The van der Waals surface area contributed by atoms with E-state index in [1.807, 2.05) is 0 Å². The number of thioether (sulfide) groups is 1. The molecule has 19 heteroatoms. The van der Waals surface area contributed by atoms with Crippen molar-refractivity contribution in [1.29, 1.82) is 0 Å². The molecular weight excluding hydrogens is 592 g/mol. The van der Waals surface area contributed by atoms with Gasteiger partial charge in [0, 0.05) is 29.8 Å². The van der Waals surface area contributed by atoms with Crippen LogP contribution < -0.4 is 32.4 Å². The number of carbonyl (C=O) groups is 4. The normalized spacial score (nSPS) is 18.7. The zero-order valence-electron chi connectivity index (χ0n) is 22.4. The second-order valence-corrected chi connectivity index (χ2v) is 11.6. The van der Waals surface area contributed by atoms with Crippen LogP contribution >= 0.6 is 23.1 Å². The first-order chi connectivity index (χ1) is 19.8. The number of anilines is 3. The number of nitrogens with one attached hydrogen (secondary N) is 2. The summed E-state index contributed by atoms with van der Waals surface area (Å²) in [5.41, 5.74) is 15.7. The largest absolute Gasteiger partial charge is 0.478 e. The molecule has 10 N–H and O–H groups in total. The van der Waals surface area contributed by atoms with E-state index in [4.69, 9.17) is 22.0 Å². The summed E-state index contributed by atoms with van der Waals surface area (Å²) in [6, 6.07) is -1.09. The minimum absolute atomic E-state index is 0.0129. The van der Waals surface area contributed by atoms with Crippen LogP contribution in [-0.4, -0.2) is 90.4 Å². The van der Waals surface area contributed by atoms with Gasteiger partial charge in [-0.25, -0.2) is 19.1 Å². The fourth-order valence-electron chi connectivity index (χ4n) is 3.94. The SMILES string of the molecule is CC(C)(O/N=C(\C(=O)N[C@@H]1C(=O)N2C(C(=O)O)=C(C[n+]3cnc(N)c(NCCN)c3)CS[C@H]12)c1csc(N)n1)C(=O)O. The number of nitrogen functional groups attached to an aromatic ring is 2. The van der Waals surface area contributed by atoms with Gasteiger partial charge in [-0.15, -0.1) is 23.1 Å². The van der Waals surface area contributed by atoms with Gasteiger partial charge in [-0.3, -0.25) is 14.5 Å². The quantitative estimate of drug-likeness (QED) is 0.0608. The monoisotopic (exact) mass is 621 g/mol. The van der Waals surface area contributed by atoms with Crippen LogP contribution in [0, 0.1) is 0 Å². The van der Waals surface area contributed by atoms with Crippen molar-refractivity contribution in [2.45, 2.75) is 37.4 Å². The van der Waals surface area contributed by atoms with E-state index >= 15 is 0 Å². The number of rotatable bonds is 12. The highest BCUT2D eigenvalue weighted by Crippen LogP contribution is 2.40. The zero-order chi connectivity index (χ0) is 30.8. The highest BCUT2D eigenvalue weighted by atomic mass is 32.2. The first-order valence-corrected chi connectivity index (χ1v) is 14.3. The minimum atomic E-state index is -1.77. The number of fused-ring (bicyclic) bond motifs is 1. The highest BCUT2D eigenvalue weighted by Gasteiger charge is 2.54. The number of aromatic nitrogens is 3. The number of hydrogen-bond acceptors (Lipinski definition) is 14. The first kappa shape index (κ1) is 30.5. The molecule has 2 aliphatic rings. The van der Waals surface area contributed by atoms with Gasteiger partial charge in [0.1, 0.15) is 41.2 Å². The summed E-state index contributed by atoms with van der Waals surface area (Å²) in [4.78, 5) is 64.5. The number of carboxylic acids is 2. The van der Waals surface area contributed by atoms with Crippen molar-refractivity contribution >= 4 is 69.2 Å². The Bertz CT molecular complexity index is 1490. The van der Waals surface area contributed by atoms with Gasteiger partial charge in [0.2, 0.25) is 5.60 Å². The number of carboxylic acid groups (broad SMARTS) is 2. The second kappa shape index (κ2) is 12.2. The van der Waals surface area contributed by atoms with Gasteiger partial charge in [-0.1, -0.05) is 5.16 Å². The molecule has 1 fully saturated rings. The van der Waals surface area contributed by atoms with Gasteiger partial charge in [0.15, 0.2) is 10.8 Å². The van der Waals surface area contributed by atoms with Gasteiger partial charge in [-0.05, 0) is 18.8 Å². The lowest BCUT2D eigenvalue weighted by molar-refractivity contribution is -0.691. The topological polar surface area (TPSA) is 265 Å². The van der Waals surface area contributed by atoms with Crippen LogP contribution in [0.15, 0.2) is 34.3 Å². The lowest BCUT2D eigenvalue weighted by atomic mass is 10.0. The molecule has 4 rings (SSSR count). The number of hydrogen-bond donors (Lipinski definition) is 7. The first-order valence-electron chi connectivity index (χ1n) is 12.3. The molecule has 4 heterocycles. The molecule has 0 bridgehead atoms. The summed E-state index contributed by atoms with van der Waals surface area (Å²) in [7, 11) is 0. The van der Waals surface area contributed by atoms with Crippen molar-refractivity contribution in [3.63, 3.8) is 0 Å². The maximum Gasteiger partial charge on any atom is 0.352 e. The summed E-state index contributed by atoms with van der Waals surface area (Å²) in [5, 5.41) is 29.5. The van der Waals surface area contributed by atoms with Crippen LogP contribution in [0.25, 0.3) is 0 Å². The predicted octanol–water partition coefficient (Wildman–Crippen LogP) is -1.62. The van der Waals surface area contributed by atoms with E-state index in [1.165, 1.54) is 37.3 Å². The van der Waals surface area contributed by atoms with E-state index in [-0.39, 0.29) is 34.6 Å². The molecule has 17 nitrogen and oxygen atoms in total. The fraction of sp³-hybridized carbons (Fsp3) is 0.391. The average Bonchev–Trinajstić information content (AvgIpc) is 3.37. The molecule has 0 unspecified atom stereocenters. The average molecular weight is 622 g/mol. The van der Waals surface area contributed by atoms with E-state index in [0.29, 0.717) is 24.4 Å². The third kappa shape index (κ3) is 6.21. The molecule has 1 saturated heterocycles. The molecule has 2 aromatic rings. The van der Waals surface area contributed by atoms with Crippen molar-refractivity contribution in [2.75, 3.05) is 35.6 Å². The molecule has 2 atom stereocenters. The van der Waals surface area contributed by atoms with Gasteiger partial charge < -0.3 is 42.9 Å². The van der Waals surface area contributed by atoms with E-state index in [1.54, 1.807) is 10.8 Å². The maximum atomic E-state index is 13.2. The number of nitrogens with zero attached hydrogens (tertiary/aromatic N) is 5. The lowest BCUT2D eigenvalue weighted by Crippen LogP contribution is -2.71. The number of carbonyl (C=O) groups excluding carboxylic acids is 2. The summed E-state index contributed by atoms with van der Waals surface area (Å²) >= 11 is 2.28. The third-order valence-corrected chi connectivity index (χ3v) is 8.16. The number of β-lactam (4-membered cyclic amide) rings is 1. The molecular formula is C23H29N10O7S2+. The van der Waals surface area contributed by atoms with Crippen molar-refractivity contribution < 1.29 is 38.8 Å². The predicted molar refractivity (Wildman–Crippen MR) is 152 cm³/mol. The highest BCUT2D eigenvalue weighted by molar-refractivity contribution is 8.00. The standard InChI is InChI=1S/C23H28N10O7S2/c1-23(2,21(38)39)40-31-13(12-8-42-22(26)29-12)17(34)30-14-18(35)33-15(20(36)37)10(7-41-19(14)33)5-32-6-11(27-4-3-24)16(25)28-9-32/h6,8-9,14,19,25,27H,3-5,7,24H2,1-2H3,(H5,26,29,30,34,36,37,38,39)/p+1/b31-13-/t14-,19-/m1/s1. The maximum absolute atomic E-state index is 13.2. The van der Waals surface area contributed by atoms with Crippen LogP contribution in [0.1, 0.15) is 19.5 Å². The van der Waals surface area contributed by atoms with Crippen molar-refractivity contribution in [3.05, 3.63) is 34.9 Å². The van der Waals surface area contributed by atoms with E-state index in [2.05, 4.69) is 25.8 Å². The molecule has 2 aromatic heterocycles. The Morgan fingerprint density at radius 1 is 1.31 bits per heavy atom. The lowest BCUT2D eigenvalue weighted by Gasteiger charge is -2.49. The van der Waals surface area contributed by atoms with Crippen molar-refractivity contribution in [2.24, 2.45) is 10.9 Å². The Labute approximate surface area is 246 Å². The Morgan fingerprint density at radius 3 is 2.67 bits per heavy atom. The summed E-state index contributed by atoms with van der Waals surface area (Å²) < 4.78 is 1.64. The van der Waals surface area contributed by atoms with Gasteiger partial charge in [0.05, 0.1) is 0 Å². The van der Waals surface area contributed by atoms with Crippen molar-refractivity contribution in [1.82, 2.24) is 20.2 Å². The zero-order valence-corrected chi connectivity index (χ0v) is 24.1. The smallest absolute Gasteiger partial charge is 0.352 e. The molecule has 42 heavy (non-hydrogen) atoms. The number of nitrogens with two attached hydrogens (primary N) is 3. The fourth-order valence-corrected chi connectivity index (χ4v) is 5.82. The Kier molecular flexibility index (Phi) is 8.83. The Hall–Kier alpha value is -4.49. The van der Waals surface area contributed by atoms with E-state index in [9.17, 15) is 29.4 Å². The number of aliphatic carboxylic acids is 2. The minimum Gasteiger partial charge on any atom is -0.478 e. The number of amides is 2. The van der Waals surface area contributed by atoms with Crippen LogP contribution in [-0.2, 0) is 30.6 Å². The Balaban J connectivity index is 1.54. The summed E-state index contributed by atoms with van der Waals surface area (Å²) in [5.74, 6) is -3.67. The Morgan fingerprint density at radius 2 is 2.05 bits per heavy atom. The van der Waals surface area contributed by atoms with Crippen LogP contribution in [0.5, 0.6) is 0 Å². The molecule has 0 saturated carbocycles. The molecule has 0 spiro atoms. The van der Waals surface area contributed by atoms with Gasteiger partial charge >= 0.3 is 11.9 Å². The number of thiazole rings is 1. The van der Waals surface area contributed by atoms with Crippen LogP contribution in [0.4, 0.5) is 16.6 Å². The molecule has 2 amide bonds. The third-order valence-electron chi connectivity index (χ3n) is 6.15. The van der Waals surface area contributed by atoms with Gasteiger partial charge in [-0.2, -0.15) is 0 Å². The van der Waals surface area contributed by atoms with E-state index < -0.39 is 46.5 Å².